The van der Waals surface area contributed by atoms with Gasteiger partial charge in [-0.15, -0.1) is 0 Å². The van der Waals surface area contributed by atoms with Gasteiger partial charge in [0.25, 0.3) is 0 Å². The fourth-order valence-electron chi connectivity index (χ4n) is 2.21. The number of aliphatic hydroxyl groups excluding tert-OH is 1. The molecule has 2 rings (SSSR count). The maximum absolute atomic E-state index is 12.1. The molecular weight excluding hydrogens is 250 g/mol. The van der Waals surface area contributed by atoms with Crippen LogP contribution in [0.25, 0.3) is 0 Å². The van der Waals surface area contributed by atoms with E-state index in [1.165, 1.54) is 21.9 Å². The molecule has 1 aromatic heterocycles. The lowest BCUT2D eigenvalue weighted by Crippen LogP contribution is -2.53. The minimum absolute atomic E-state index is 0.0946. The Hall–Kier alpha value is -1.73. The minimum atomic E-state index is -1.23. The Balaban J connectivity index is 2.04. The summed E-state index contributed by atoms with van der Waals surface area (Å²) in [7, 11) is 0. The number of nitrogens with zero attached hydrogens (tertiary/aromatic N) is 3. The van der Waals surface area contributed by atoms with Crippen LogP contribution in [-0.4, -0.2) is 55.9 Å². The number of rotatable bonds is 3. The van der Waals surface area contributed by atoms with Crippen LogP contribution in [0.15, 0.2) is 23.3 Å². The van der Waals surface area contributed by atoms with Gasteiger partial charge < -0.3 is 15.1 Å². The molecule has 7 heteroatoms. The molecule has 0 spiro atoms. The van der Waals surface area contributed by atoms with Crippen LogP contribution in [0.2, 0.25) is 0 Å². The highest BCUT2D eigenvalue weighted by Crippen LogP contribution is 2.20. The van der Waals surface area contributed by atoms with Crippen molar-refractivity contribution in [2.45, 2.75) is 25.0 Å². The Kier molecular flexibility index (Phi) is 3.96. The van der Waals surface area contributed by atoms with E-state index in [1.807, 2.05) is 0 Å². The molecule has 2 N–H and O–H groups in total. The number of carbonyl (C=O) groups is 1. The number of β-amino-alcohol motifs (C(OH)–C–C–N with tert-alkyl or cyclic N) is 1. The molecule has 1 aliphatic heterocycles. The third-order valence-corrected chi connectivity index (χ3v) is 3.29. The maximum atomic E-state index is 12.1. The predicted octanol–water partition coefficient (Wildman–Crippen LogP) is -1.41. The van der Waals surface area contributed by atoms with Crippen molar-refractivity contribution in [1.29, 1.82) is 0 Å². The van der Waals surface area contributed by atoms with Crippen LogP contribution in [-0.2, 0) is 11.3 Å². The summed E-state index contributed by atoms with van der Waals surface area (Å²) in [6, 6.07) is 1.58. The van der Waals surface area contributed by atoms with Crippen LogP contribution in [0, 0.1) is 0 Å². The van der Waals surface area contributed by atoms with E-state index in [9.17, 15) is 14.7 Å². The van der Waals surface area contributed by atoms with Gasteiger partial charge in [-0.1, -0.05) is 0 Å². The van der Waals surface area contributed by atoms with Crippen LogP contribution in [0.5, 0.6) is 0 Å². The first-order chi connectivity index (χ1) is 9.04. The smallest absolute Gasteiger partial charge is 0.347 e. The molecule has 1 aromatic rings. The third-order valence-electron chi connectivity index (χ3n) is 3.29. The molecule has 104 valence electrons. The molecule has 0 bridgehead atoms. The van der Waals surface area contributed by atoms with E-state index in [1.54, 1.807) is 6.07 Å². The van der Waals surface area contributed by atoms with Crippen molar-refractivity contribution in [3.63, 3.8) is 0 Å². The summed E-state index contributed by atoms with van der Waals surface area (Å²) in [5.74, 6) is -0.262. The van der Waals surface area contributed by atoms with Crippen LogP contribution in [0.1, 0.15) is 12.8 Å². The largest absolute Gasteiger partial charge is 0.393 e. The zero-order chi connectivity index (χ0) is 13.9. The van der Waals surface area contributed by atoms with Gasteiger partial charge in [0.1, 0.15) is 12.1 Å². The van der Waals surface area contributed by atoms with Crippen molar-refractivity contribution in [2.24, 2.45) is 0 Å². The lowest BCUT2D eigenvalue weighted by molar-refractivity contribution is -0.141. The summed E-state index contributed by atoms with van der Waals surface area (Å²) in [4.78, 5) is 28.5. The Morgan fingerprint density at radius 3 is 3.00 bits per heavy atom. The van der Waals surface area contributed by atoms with Gasteiger partial charge in [0, 0.05) is 18.9 Å². The van der Waals surface area contributed by atoms with Crippen molar-refractivity contribution in [2.75, 3.05) is 19.7 Å². The third kappa shape index (κ3) is 3.18. The molecule has 0 aliphatic carbocycles. The van der Waals surface area contributed by atoms with E-state index in [4.69, 9.17) is 5.11 Å². The van der Waals surface area contributed by atoms with Gasteiger partial charge in [-0.05, 0) is 18.9 Å². The molecule has 1 fully saturated rings. The molecule has 19 heavy (non-hydrogen) atoms. The average molecular weight is 267 g/mol. The summed E-state index contributed by atoms with van der Waals surface area (Å²) in [5, 5.41) is 19.1. The summed E-state index contributed by atoms with van der Waals surface area (Å²) in [6.45, 7) is 0.144. The maximum Gasteiger partial charge on any atom is 0.347 e. The van der Waals surface area contributed by atoms with Crippen molar-refractivity contribution >= 4 is 5.91 Å². The first-order valence-corrected chi connectivity index (χ1v) is 6.16. The Bertz CT molecular complexity index is 516. The average Bonchev–Trinajstić information content (AvgIpc) is 2.41. The van der Waals surface area contributed by atoms with E-state index in [0.29, 0.717) is 19.4 Å². The van der Waals surface area contributed by atoms with Crippen molar-refractivity contribution in [1.82, 2.24) is 14.5 Å². The Labute approximate surface area is 110 Å². The van der Waals surface area contributed by atoms with E-state index >= 15 is 0 Å². The molecule has 0 radical (unpaired) electrons. The van der Waals surface area contributed by atoms with Crippen LogP contribution in [0.4, 0.5) is 0 Å². The quantitative estimate of drug-likeness (QED) is 0.701. The zero-order valence-corrected chi connectivity index (χ0v) is 10.5. The standard InChI is InChI=1S/C12H17N3O4/c16-9-12(19)3-1-5-15(8-12)10(17)7-14-6-2-4-13-11(14)18/h2,4,6,16,19H,1,3,5,7-9H2/t12-/m0/s1. The first kappa shape index (κ1) is 13.7. The number of hydrogen-bond donors (Lipinski definition) is 2. The molecule has 0 aromatic carbocycles. The second-order valence-corrected chi connectivity index (χ2v) is 4.83. The van der Waals surface area contributed by atoms with Gasteiger partial charge in [-0.2, -0.15) is 0 Å². The molecule has 2 heterocycles. The number of likely N-dealkylation sites (tertiary alicyclic amines) is 1. The molecule has 7 nitrogen and oxygen atoms in total. The zero-order valence-electron chi connectivity index (χ0n) is 10.5. The van der Waals surface area contributed by atoms with E-state index in [2.05, 4.69) is 4.98 Å². The first-order valence-electron chi connectivity index (χ1n) is 6.16. The van der Waals surface area contributed by atoms with Gasteiger partial charge in [0.15, 0.2) is 0 Å². The molecule has 1 atom stereocenters. The Morgan fingerprint density at radius 2 is 2.32 bits per heavy atom. The molecular formula is C12H17N3O4. The van der Waals surface area contributed by atoms with Crippen LogP contribution < -0.4 is 5.69 Å². The van der Waals surface area contributed by atoms with E-state index in [-0.39, 0.29) is 25.6 Å². The van der Waals surface area contributed by atoms with Gasteiger partial charge >= 0.3 is 5.69 Å². The number of piperidine rings is 1. The fourth-order valence-corrected chi connectivity index (χ4v) is 2.21. The van der Waals surface area contributed by atoms with E-state index in [0.717, 1.165) is 0 Å². The summed E-state index contributed by atoms with van der Waals surface area (Å²) in [5.41, 5.74) is -1.71. The lowest BCUT2D eigenvalue weighted by Gasteiger charge is -2.38. The lowest BCUT2D eigenvalue weighted by atomic mass is 9.94. The second-order valence-electron chi connectivity index (χ2n) is 4.83. The van der Waals surface area contributed by atoms with E-state index < -0.39 is 11.3 Å². The molecule has 0 saturated carbocycles. The van der Waals surface area contributed by atoms with Crippen molar-refractivity contribution < 1.29 is 15.0 Å². The topological polar surface area (TPSA) is 95.7 Å². The summed E-state index contributed by atoms with van der Waals surface area (Å²) in [6.07, 6.45) is 3.97. The number of aliphatic hydroxyl groups is 2. The SMILES string of the molecule is O=C(Cn1cccnc1=O)N1CCC[C@@](O)(CO)C1. The highest BCUT2D eigenvalue weighted by atomic mass is 16.3. The number of amides is 1. The number of carbonyl (C=O) groups excluding carboxylic acids is 1. The van der Waals surface area contributed by atoms with Crippen LogP contribution >= 0.6 is 0 Å². The molecule has 1 aliphatic rings. The normalized spacial score (nSPS) is 23.4. The fraction of sp³-hybridized carbons (Fsp3) is 0.583. The van der Waals surface area contributed by atoms with Gasteiger partial charge in [0.05, 0.1) is 13.2 Å². The molecule has 1 amide bonds. The van der Waals surface area contributed by atoms with Crippen molar-refractivity contribution in [3.8, 4) is 0 Å². The summed E-state index contributed by atoms with van der Waals surface area (Å²) < 4.78 is 1.22. The second kappa shape index (κ2) is 5.50. The van der Waals surface area contributed by atoms with Crippen molar-refractivity contribution in [3.05, 3.63) is 28.9 Å². The van der Waals surface area contributed by atoms with Crippen LogP contribution in [0.3, 0.4) is 0 Å². The van der Waals surface area contributed by atoms with Gasteiger partial charge in [-0.25, -0.2) is 9.78 Å². The minimum Gasteiger partial charge on any atom is -0.393 e. The van der Waals surface area contributed by atoms with Gasteiger partial charge in [0.2, 0.25) is 5.91 Å². The highest BCUT2D eigenvalue weighted by molar-refractivity contribution is 5.76. The highest BCUT2D eigenvalue weighted by Gasteiger charge is 2.34. The molecule has 0 unspecified atom stereocenters. The van der Waals surface area contributed by atoms with Gasteiger partial charge in [-0.3, -0.25) is 9.36 Å². The number of aromatic nitrogens is 2. The monoisotopic (exact) mass is 267 g/mol. The summed E-state index contributed by atoms with van der Waals surface area (Å²) >= 11 is 0. The number of hydrogen-bond acceptors (Lipinski definition) is 5. The molecule has 1 saturated heterocycles. The predicted molar refractivity (Wildman–Crippen MR) is 66.3 cm³/mol. The Morgan fingerprint density at radius 1 is 1.53 bits per heavy atom.